The number of halogens is 1. The van der Waals surface area contributed by atoms with Crippen LogP contribution in [0.4, 0.5) is 4.39 Å². The first-order valence-electron chi connectivity index (χ1n) is 6.01. The van der Waals surface area contributed by atoms with Crippen LogP contribution in [0.2, 0.25) is 0 Å². The number of ether oxygens (including phenoxy) is 1. The molecule has 2 aromatic rings. The highest BCUT2D eigenvalue weighted by atomic mass is 19.1. The van der Waals surface area contributed by atoms with Gasteiger partial charge < -0.3 is 9.30 Å². The number of pyridine rings is 1. The Morgan fingerprint density at radius 2 is 2.25 bits per heavy atom. The molecule has 0 atom stereocenters. The van der Waals surface area contributed by atoms with Crippen LogP contribution in [0.15, 0.2) is 29.2 Å². The SMILES string of the molecule is C#CCn1cc(C(=O)OCC)c(=O)c2cc(F)ccc21. The Bertz CT molecular complexity index is 771. The quantitative estimate of drug-likeness (QED) is 0.634. The number of fused-ring (bicyclic) bond motifs is 1. The van der Waals surface area contributed by atoms with Gasteiger partial charge in [-0.3, -0.25) is 4.79 Å². The molecule has 0 bridgehead atoms. The molecule has 20 heavy (non-hydrogen) atoms. The number of carbonyl (C=O) groups excluding carboxylic acids is 1. The van der Waals surface area contributed by atoms with E-state index < -0.39 is 17.2 Å². The maximum Gasteiger partial charge on any atom is 0.343 e. The summed E-state index contributed by atoms with van der Waals surface area (Å²) in [6, 6.07) is 3.78. The molecule has 0 saturated heterocycles. The van der Waals surface area contributed by atoms with E-state index in [9.17, 15) is 14.0 Å². The first-order chi connectivity index (χ1) is 9.58. The van der Waals surface area contributed by atoms with Crippen molar-refractivity contribution in [1.29, 1.82) is 0 Å². The van der Waals surface area contributed by atoms with Gasteiger partial charge in [-0.25, -0.2) is 9.18 Å². The summed E-state index contributed by atoms with van der Waals surface area (Å²) in [5.41, 5.74) is -0.242. The molecule has 0 aliphatic rings. The van der Waals surface area contributed by atoms with E-state index in [1.807, 2.05) is 0 Å². The Kier molecular flexibility index (Phi) is 3.85. The molecule has 1 heterocycles. The van der Waals surface area contributed by atoms with Crippen molar-refractivity contribution in [2.75, 3.05) is 6.61 Å². The number of carbonyl (C=O) groups is 1. The maximum atomic E-state index is 13.3. The van der Waals surface area contributed by atoms with E-state index in [-0.39, 0.29) is 24.1 Å². The van der Waals surface area contributed by atoms with Gasteiger partial charge in [0.25, 0.3) is 0 Å². The molecular formula is C15H12FNO3. The molecule has 0 amide bonds. The third-order valence-electron chi connectivity index (χ3n) is 2.80. The average Bonchev–Trinajstić information content (AvgIpc) is 2.42. The summed E-state index contributed by atoms with van der Waals surface area (Å²) in [6.45, 7) is 1.95. The fraction of sp³-hybridized carbons (Fsp3) is 0.200. The van der Waals surface area contributed by atoms with Crippen LogP contribution in [0.5, 0.6) is 0 Å². The maximum absolute atomic E-state index is 13.3. The normalized spacial score (nSPS) is 10.2. The predicted molar refractivity (Wildman–Crippen MR) is 73.0 cm³/mol. The summed E-state index contributed by atoms with van der Waals surface area (Å²) in [7, 11) is 0. The number of hydrogen-bond donors (Lipinski definition) is 0. The lowest BCUT2D eigenvalue weighted by Gasteiger charge is -2.10. The van der Waals surface area contributed by atoms with Gasteiger partial charge in [-0.1, -0.05) is 5.92 Å². The Morgan fingerprint density at radius 1 is 1.50 bits per heavy atom. The number of terminal acetylenes is 1. The molecule has 1 aromatic carbocycles. The summed E-state index contributed by atoms with van der Waals surface area (Å²) < 4.78 is 19.7. The summed E-state index contributed by atoms with van der Waals surface area (Å²) in [6.07, 6.45) is 6.61. The standard InChI is InChI=1S/C15H12FNO3/c1-3-7-17-9-12(15(19)20-4-2)14(18)11-8-10(16)5-6-13(11)17/h1,5-6,8-9H,4,7H2,2H3. The van der Waals surface area contributed by atoms with Crippen molar-refractivity contribution in [3.05, 3.63) is 46.0 Å². The number of hydrogen-bond acceptors (Lipinski definition) is 3. The molecule has 5 heteroatoms. The fourth-order valence-electron chi connectivity index (χ4n) is 1.95. The van der Waals surface area contributed by atoms with E-state index in [0.29, 0.717) is 5.52 Å². The van der Waals surface area contributed by atoms with Gasteiger partial charge in [-0.05, 0) is 25.1 Å². The van der Waals surface area contributed by atoms with Crippen molar-refractivity contribution in [2.45, 2.75) is 13.5 Å². The smallest absolute Gasteiger partial charge is 0.343 e. The lowest BCUT2D eigenvalue weighted by molar-refractivity contribution is 0.0524. The molecule has 0 spiro atoms. The highest BCUT2D eigenvalue weighted by Gasteiger charge is 2.16. The molecule has 0 aliphatic heterocycles. The van der Waals surface area contributed by atoms with Crippen LogP contribution in [0.3, 0.4) is 0 Å². The second-order valence-electron chi connectivity index (χ2n) is 4.09. The lowest BCUT2D eigenvalue weighted by atomic mass is 10.1. The second kappa shape index (κ2) is 5.57. The largest absolute Gasteiger partial charge is 0.462 e. The Hall–Kier alpha value is -2.61. The van der Waals surface area contributed by atoms with Crippen molar-refractivity contribution in [3.63, 3.8) is 0 Å². The minimum absolute atomic E-state index is 0.103. The number of aromatic nitrogens is 1. The third kappa shape index (κ3) is 2.41. The van der Waals surface area contributed by atoms with Crippen LogP contribution in [-0.4, -0.2) is 17.1 Å². The van der Waals surface area contributed by atoms with Crippen LogP contribution in [0.25, 0.3) is 10.9 Å². The van der Waals surface area contributed by atoms with E-state index in [1.165, 1.54) is 18.3 Å². The zero-order valence-corrected chi connectivity index (χ0v) is 10.9. The first kappa shape index (κ1) is 13.8. The monoisotopic (exact) mass is 273 g/mol. The minimum atomic E-state index is -0.741. The summed E-state index contributed by atoms with van der Waals surface area (Å²) in [5.74, 6) is 1.13. The number of benzene rings is 1. The molecule has 0 N–H and O–H groups in total. The number of esters is 1. The van der Waals surface area contributed by atoms with Gasteiger partial charge in [0.05, 0.1) is 18.7 Å². The number of rotatable bonds is 3. The Morgan fingerprint density at radius 3 is 2.90 bits per heavy atom. The molecule has 0 radical (unpaired) electrons. The molecule has 2 rings (SSSR count). The van der Waals surface area contributed by atoms with Crippen LogP contribution in [0, 0.1) is 18.2 Å². The minimum Gasteiger partial charge on any atom is -0.462 e. The van der Waals surface area contributed by atoms with Crippen molar-refractivity contribution in [2.24, 2.45) is 0 Å². The van der Waals surface area contributed by atoms with Crippen molar-refractivity contribution < 1.29 is 13.9 Å². The van der Waals surface area contributed by atoms with Crippen LogP contribution in [-0.2, 0) is 11.3 Å². The van der Waals surface area contributed by atoms with Gasteiger partial charge in [-0.15, -0.1) is 6.42 Å². The second-order valence-corrected chi connectivity index (χ2v) is 4.09. The molecule has 1 aromatic heterocycles. The molecule has 0 saturated carbocycles. The van der Waals surface area contributed by atoms with Crippen LogP contribution >= 0.6 is 0 Å². The zero-order chi connectivity index (χ0) is 14.7. The van der Waals surface area contributed by atoms with Gasteiger partial charge in [0, 0.05) is 11.6 Å². The van der Waals surface area contributed by atoms with E-state index >= 15 is 0 Å². The topological polar surface area (TPSA) is 48.3 Å². The van der Waals surface area contributed by atoms with Gasteiger partial charge in [0.1, 0.15) is 11.4 Å². The molecule has 0 fully saturated rings. The van der Waals surface area contributed by atoms with Crippen LogP contribution in [0.1, 0.15) is 17.3 Å². The summed E-state index contributed by atoms with van der Waals surface area (Å²) in [5, 5.41) is 0.103. The highest BCUT2D eigenvalue weighted by molar-refractivity contribution is 5.93. The molecule has 4 nitrogen and oxygen atoms in total. The number of nitrogens with zero attached hydrogens (tertiary/aromatic N) is 1. The molecular weight excluding hydrogens is 261 g/mol. The predicted octanol–water partition coefficient (Wildman–Crippen LogP) is 1.95. The van der Waals surface area contributed by atoms with Crippen LogP contribution < -0.4 is 5.43 Å². The van der Waals surface area contributed by atoms with E-state index in [1.54, 1.807) is 11.5 Å². The average molecular weight is 273 g/mol. The summed E-state index contributed by atoms with van der Waals surface area (Å²) in [4.78, 5) is 24.0. The summed E-state index contributed by atoms with van der Waals surface area (Å²) >= 11 is 0. The third-order valence-corrected chi connectivity index (χ3v) is 2.80. The van der Waals surface area contributed by atoms with Gasteiger partial charge >= 0.3 is 5.97 Å². The van der Waals surface area contributed by atoms with Gasteiger partial charge in [-0.2, -0.15) is 0 Å². The van der Waals surface area contributed by atoms with Crippen molar-refractivity contribution in [1.82, 2.24) is 4.57 Å². The zero-order valence-electron chi connectivity index (χ0n) is 10.9. The van der Waals surface area contributed by atoms with E-state index in [0.717, 1.165) is 6.07 Å². The van der Waals surface area contributed by atoms with Crippen molar-refractivity contribution in [3.8, 4) is 12.3 Å². The van der Waals surface area contributed by atoms with Crippen molar-refractivity contribution >= 4 is 16.9 Å². The fourth-order valence-corrected chi connectivity index (χ4v) is 1.95. The molecule has 0 unspecified atom stereocenters. The first-order valence-corrected chi connectivity index (χ1v) is 6.01. The highest BCUT2D eigenvalue weighted by Crippen LogP contribution is 2.14. The van der Waals surface area contributed by atoms with E-state index in [2.05, 4.69) is 5.92 Å². The Labute approximate surface area is 114 Å². The Balaban J connectivity index is 2.78. The molecule has 0 aliphatic carbocycles. The van der Waals surface area contributed by atoms with Gasteiger partial charge in [0.15, 0.2) is 0 Å². The molecule has 102 valence electrons. The van der Waals surface area contributed by atoms with E-state index in [4.69, 9.17) is 11.2 Å². The lowest BCUT2D eigenvalue weighted by Crippen LogP contribution is -2.21. The van der Waals surface area contributed by atoms with Gasteiger partial charge in [0.2, 0.25) is 5.43 Å².